The molecule has 0 bridgehead atoms. The van der Waals surface area contributed by atoms with Crippen LogP contribution in [0.1, 0.15) is 38.9 Å². The van der Waals surface area contributed by atoms with Gasteiger partial charge in [0.25, 0.3) is 11.8 Å². The highest BCUT2D eigenvalue weighted by Gasteiger charge is 2.30. The first kappa shape index (κ1) is 23.1. The highest BCUT2D eigenvalue weighted by Crippen LogP contribution is 2.40. The van der Waals surface area contributed by atoms with Crippen LogP contribution < -0.4 is 15.4 Å². The molecule has 0 fully saturated rings. The van der Waals surface area contributed by atoms with E-state index >= 15 is 0 Å². The fourth-order valence-electron chi connectivity index (χ4n) is 4.28. The molecule has 0 saturated carbocycles. The molecule has 0 radical (unpaired) electrons. The van der Waals surface area contributed by atoms with Gasteiger partial charge in [-0.25, -0.2) is 4.98 Å². The van der Waals surface area contributed by atoms with Gasteiger partial charge < -0.3 is 25.5 Å². The maximum absolute atomic E-state index is 13.2. The SMILES string of the molecule is COc1ccc(/C(=C2/C(=O)Nc3ccc(C(=O)N[C@H](CO)c4ccccc4)cc32)c2ncc[nH]2)cc1. The number of rotatable bonds is 7. The number of aliphatic hydroxyl groups excluding tert-OH is 1. The lowest BCUT2D eigenvalue weighted by molar-refractivity contribution is -0.110. The number of anilines is 1. The number of ether oxygens (including phenoxy) is 1. The number of hydrogen-bond acceptors (Lipinski definition) is 5. The predicted molar refractivity (Wildman–Crippen MR) is 136 cm³/mol. The summed E-state index contributed by atoms with van der Waals surface area (Å²) in [6, 6.07) is 21.1. The quantitative estimate of drug-likeness (QED) is 0.300. The number of amides is 2. The van der Waals surface area contributed by atoms with Crippen LogP contribution in [0.3, 0.4) is 0 Å². The van der Waals surface area contributed by atoms with Crippen molar-refractivity contribution in [2.75, 3.05) is 19.0 Å². The summed E-state index contributed by atoms with van der Waals surface area (Å²) in [6.07, 6.45) is 3.31. The third kappa shape index (κ3) is 4.37. The maximum Gasteiger partial charge on any atom is 0.257 e. The Labute approximate surface area is 207 Å². The number of fused-ring (bicyclic) bond motifs is 1. The van der Waals surface area contributed by atoms with Gasteiger partial charge in [-0.3, -0.25) is 9.59 Å². The van der Waals surface area contributed by atoms with E-state index in [2.05, 4.69) is 20.6 Å². The third-order valence-electron chi connectivity index (χ3n) is 6.08. The molecule has 2 amide bonds. The van der Waals surface area contributed by atoms with E-state index in [0.29, 0.717) is 39.5 Å². The van der Waals surface area contributed by atoms with Crippen molar-refractivity contribution < 1.29 is 19.4 Å². The fraction of sp³-hybridized carbons (Fsp3) is 0.107. The van der Waals surface area contributed by atoms with Gasteiger partial charge in [0.05, 0.1) is 25.3 Å². The zero-order valence-corrected chi connectivity index (χ0v) is 19.5. The van der Waals surface area contributed by atoms with Crippen molar-refractivity contribution in [2.24, 2.45) is 0 Å². The van der Waals surface area contributed by atoms with Crippen LogP contribution in [0.25, 0.3) is 11.1 Å². The monoisotopic (exact) mass is 480 g/mol. The predicted octanol–water partition coefficient (Wildman–Crippen LogP) is 3.79. The number of hydrogen-bond donors (Lipinski definition) is 4. The van der Waals surface area contributed by atoms with E-state index in [-0.39, 0.29) is 18.4 Å². The summed E-state index contributed by atoms with van der Waals surface area (Å²) in [4.78, 5) is 33.8. The Bertz CT molecular complexity index is 1430. The van der Waals surface area contributed by atoms with Crippen molar-refractivity contribution in [1.82, 2.24) is 15.3 Å². The number of carbonyl (C=O) groups excluding carboxylic acids is 2. The molecule has 0 saturated heterocycles. The molecule has 1 aliphatic rings. The molecule has 1 aliphatic heterocycles. The van der Waals surface area contributed by atoms with Gasteiger partial charge >= 0.3 is 0 Å². The molecule has 5 rings (SSSR count). The summed E-state index contributed by atoms with van der Waals surface area (Å²) in [5, 5.41) is 15.6. The van der Waals surface area contributed by atoms with Crippen molar-refractivity contribution in [1.29, 1.82) is 0 Å². The number of imidazole rings is 1. The molecule has 8 nitrogen and oxygen atoms in total. The first-order valence-electron chi connectivity index (χ1n) is 11.4. The number of H-pyrrole nitrogens is 1. The van der Waals surface area contributed by atoms with Crippen molar-refractivity contribution in [2.45, 2.75) is 6.04 Å². The second kappa shape index (κ2) is 9.89. The molecule has 0 unspecified atom stereocenters. The van der Waals surface area contributed by atoms with Gasteiger partial charge in [0.1, 0.15) is 11.6 Å². The number of carbonyl (C=O) groups is 2. The first-order chi connectivity index (χ1) is 17.6. The number of aliphatic hydroxyl groups is 1. The molecule has 3 aromatic carbocycles. The Balaban J connectivity index is 1.57. The van der Waals surface area contributed by atoms with E-state index in [1.807, 2.05) is 54.6 Å². The van der Waals surface area contributed by atoms with Crippen LogP contribution in [0.2, 0.25) is 0 Å². The van der Waals surface area contributed by atoms with Gasteiger partial charge in [-0.1, -0.05) is 42.5 Å². The van der Waals surface area contributed by atoms with E-state index in [4.69, 9.17) is 4.74 Å². The van der Waals surface area contributed by atoms with Gasteiger partial charge in [-0.05, 0) is 41.5 Å². The average Bonchev–Trinajstić information content (AvgIpc) is 3.56. The summed E-state index contributed by atoms with van der Waals surface area (Å²) < 4.78 is 5.28. The molecular weight excluding hydrogens is 456 g/mol. The van der Waals surface area contributed by atoms with Crippen LogP contribution in [-0.2, 0) is 4.79 Å². The normalized spacial score (nSPS) is 14.6. The van der Waals surface area contributed by atoms with Crippen LogP contribution in [0.15, 0.2) is 85.2 Å². The molecule has 1 aromatic heterocycles. The zero-order valence-electron chi connectivity index (χ0n) is 19.5. The Hall–Kier alpha value is -4.69. The number of benzene rings is 3. The number of aromatic nitrogens is 2. The second-order valence-corrected chi connectivity index (χ2v) is 8.25. The van der Waals surface area contributed by atoms with Crippen LogP contribution in [0.4, 0.5) is 5.69 Å². The van der Waals surface area contributed by atoms with E-state index in [1.165, 1.54) is 0 Å². The molecule has 0 spiro atoms. The molecule has 36 heavy (non-hydrogen) atoms. The Morgan fingerprint density at radius 1 is 1.06 bits per heavy atom. The number of nitrogens with one attached hydrogen (secondary N) is 3. The first-order valence-corrected chi connectivity index (χ1v) is 11.4. The van der Waals surface area contributed by atoms with Gasteiger partial charge in [-0.2, -0.15) is 0 Å². The van der Waals surface area contributed by atoms with E-state index in [1.54, 1.807) is 37.7 Å². The zero-order chi connectivity index (χ0) is 25.1. The average molecular weight is 481 g/mol. The van der Waals surface area contributed by atoms with Crippen molar-refractivity contribution in [3.8, 4) is 5.75 Å². The summed E-state index contributed by atoms with van der Waals surface area (Å²) in [7, 11) is 1.59. The molecule has 4 N–H and O–H groups in total. The minimum Gasteiger partial charge on any atom is -0.497 e. The summed E-state index contributed by atoms with van der Waals surface area (Å²) in [5.41, 5.74) is 4.14. The summed E-state index contributed by atoms with van der Waals surface area (Å²) in [6.45, 7) is -0.244. The second-order valence-electron chi connectivity index (χ2n) is 8.25. The number of nitrogens with zero attached hydrogens (tertiary/aromatic N) is 1. The van der Waals surface area contributed by atoms with Crippen LogP contribution in [-0.4, -0.2) is 40.6 Å². The maximum atomic E-state index is 13.2. The van der Waals surface area contributed by atoms with Crippen LogP contribution in [0.5, 0.6) is 5.75 Å². The molecule has 2 heterocycles. The van der Waals surface area contributed by atoms with Crippen molar-refractivity contribution in [3.63, 3.8) is 0 Å². The lowest BCUT2D eigenvalue weighted by atomic mass is 9.93. The van der Waals surface area contributed by atoms with Crippen molar-refractivity contribution >= 4 is 28.6 Å². The topological polar surface area (TPSA) is 116 Å². The largest absolute Gasteiger partial charge is 0.497 e. The molecule has 1 atom stereocenters. The minimum absolute atomic E-state index is 0.244. The van der Waals surface area contributed by atoms with Gasteiger partial charge in [0.15, 0.2) is 0 Å². The highest BCUT2D eigenvalue weighted by molar-refractivity contribution is 6.38. The molecule has 8 heteroatoms. The lowest BCUT2D eigenvalue weighted by Gasteiger charge is -2.17. The van der Waals surface area contributed by atoms with Crippen LogP contribution in [0, 0.1) is 0 Å². The third-order valence-corrected chi connectivity index (χ3v) is 6.08. The summed E-state index contributed by atoms with van der Waals surface area (Å²) in [5.74, 6) is 0.567. The van der Waals surface area contributed by atoms with Crippen LogP contribution >= 0.6 is 0 Å². The van der Waals surface area contributed by atoms with Crippen molar-refractivity contribution in [3.05, 3.63) is 113 Å². The van der Waals surface area contributed by atoms with E-state index < -0.39 is 6.04 Å². The minimum atomic E-state index is -0.556. The van der Waals surface area contributed by atoms with Gasteiger partial charge in [-0.15, -0.1) is 0 Å². The Morgan fingerprint density at radius 3 is 2.47 bits per heavy atom. The Morgan fingerprint density at radius 2 is 1.81 bits per heavy atom. The fourth-order valence-corrected chi connectivity index (χ4v) is 4.28. The molecule has 180 valence electrons. The standard InChI is InChI=1S/C28H24N4O4/c1-36-20-10-7-18(8-11-20)24(26-29-13-14-30-26)25-21-15-19(9-12-22(21)31-28(25)35)27(34)32-23(16-33)17-5-3-2-4-6-17/h2-15,23,33H,16H2,1H3,(H,29,30)(H,31,35)(H,32,34)/b25-24-/t23-/m1/s1. The highest BCUT2D eigenvalue weighted by atomic mass is 16.5. The van der Waals surface area contributed by atoms with E-state index in [9.17, 15) is 14.7 Å². The number of aromatic amines is 1. The molecular formula is C28H24N4O4. The van der Waals surface area contributed by atoms with E-state index in [0.717, 1.165) is 11.1 Å². The Kier molecular flexibility index (Phi) is 6.34. The van der Waals surface area contributed by atoms with Gasteiger partial charge in [0.2, 0.25) is 0 Å². The molecule has 0 aliphatic carbocycles. The summed E-state index contributed by atoms with van der Waals surface area (Å²) >= 11 is 0. The van der Waals surface area contributed by atoms with Gasteiger partial charge in [0, 0.05) is 34.8 Å². The lowest BCUT2D eigenvalue weighted by Crippen LogP contribution is -2.30. The smallest absolute Gasteiger partial charge is 0.257 e. The number of methoxy groups -OCH3 is 1. The molecule has 4 aromatic rings.